The Kier molecular flexibility index (Phi) is 6.02. The van der Waals surface area contributed by atoms with Crippen LogP contribution in [0.3, 0.4) is 0 Å². The Morgan fingerprint density at radius 1 is 1.19 bits per heavy atom. The van der Waals surface area contributed by atoms with Gasteiger partial charge < -0.3 is 0 Å². The van der Waals surface area contributed by atoms with Crippen LogP contribution in [0.2, 0.25) is 0 Å². The normalized spacial score (nSPS) is 12.3. The molecule has 0 fully saturated rings. The number of benzene rings is 1. The highest BCUT2D eigenvalue weighted by Gasteiger charge is 2.17. The van der Waals surface area contributed by atoms with Gasteiger partial charge in [0.25, 0.3) is 0 Å². The number of hydrogen-bond donors (Lipinski definition) is 2. The molecule has 0 spiro atoms. The second-order valence-corrected chi connectivity index (χ2v) is 8.04. The second kappa shape index (κ2) is 7.12. The molecule has 0 atom stereocenters. The van der Waals surface area contributed by atoms with Crippen molar-refractivity contribution >= 4 is 25.8 Å². The first-order valence-corrected chi connectivity index (χ1v) is 9.39. The number of nitrogens with one attached hydrogen (secondary N) is 2. The average molecular weight is 334 g/mol. The molecule has 0 aliphatic carbocycles. The van der Waals surface area contributed by atoms with E-state index in [9.17, 15) is 21.6 Å². The monoisotopic (exact) mass is 334 g/mol. The van der Waals surface area contributed by atoms with Crippen molar-refractivity contribution in [3.8, 4) is 0 Å². The van der Waals surface area contributed by atoms with Crippen LogP contribution >= 0.6 is 0 Å². The molecule has 7 nitrogen and oxygen atoms in total. The first-order valence-electron chi connectivity index (χ1n) is 6.26. The molecule has 0 unspecified atom stereocenters. The van der Waals surface area contributed by atoms with E-state index in [-0.39, 0.29) is 29.4 Å². The molecule has 0 radical (unpaired) electrons. The van der Waals surface area contributed by atoms with Crippen LogP contribution in [0.5, 0.6) is 0 Å². The number of rotatable bonds is 8. The van der Waals surface area contributed by atoms with E-state index in [0.29, 0.717) is 5.56 Å². The molecule has 0 saturated carbocycles. The summed E-state index contributed by atoms with van der Waals surface area (Å²) >= 11 is 0. The third-order valence-electron chi connectivity index (χ3n) is 2.76. The molecule has 9 heteroatoms. The van der Waals surface area contributed by atoms with Crippen molar-refractivity contribution in [2.75, 3.05) is 19.3 Å². The molecule has 0 heterocycles. The fraction of sp³-hybridized carbons (Fsp3) is 0.417. The SMILES string of the molecule is CCC(=O)c1cccc(S(=O)(=O)NCCS(=O)(=O)NC)c1. The van der Waals surface area contributed by atoms with Gasteiger partial charge in [-0.1, -0.05) is 19.1 Å². The van der Waals surface area contributed by atoms with Gasteiger partial charge in [0.2, 0.25) is 20.0 Å². The lowest BCUT2D eigenvalue weighted by Crippen LogP contribution is -2.33. The van der Waals surface area contributed by atoms with Gasteiger partial charge in [-0.2, -0.15) is 0 Å². The summed E-state index contributed by atoms with van der Waals surface area (Å²) in [4.78, 5) is 11.5. The first kappa shape index (κ1) is 17.8. The molecule has 0 saturated heterocycles. The molecular formula is C12H18N2O5S2. The van der Waals surface area contributed by atoms with Crippen LogP contribution < -0.4 is 9.44 Å². The van der Waals surface area contributed by atoms with Gasteiger partial charge in [0.1, 0.15) is 0 Å². The second-order valence-electron chi connectivity index (χ2n) is 4.23. The molecule has 21 heavy (non-hydrogen) atoms. The molecule has 2 N–H and O–H groups in total. The van der Waals surface area contributed by atoms with E-state index in [1.54, 1.807) is 6.92 Å². The van der Waals surface area contributed by atoms with Crippen molar-refractivity contribution < 1.29 is 21.6 Å². The predicted octanol–water partition coefficient (Wildman–Crippen LogP) is 0.107. The number of hydrogen-bond acceptors (Lipinski definition) is 5. The number of carbonyl (C=O) groups is 1. The highest BCUT2D eigenvalue weighted by Crippen LogP contribution is 2.12. The highest BCUT2D eigenvalue weighted by atomic mass is 32.2. The number of sulfonamides is 2. The molecule has 1 aromatic rings. The van der Waals surface area contributed by atoms with Crippen LogP contribution in [0.25, 0.3) is 0 Å². The van der Waals surface area contributed by atoms with Crippen LogP contribution in [-0.2, 0) is 20.0 Å². The third kappa shape index (κ3) is 5.20. The van der Waals surface area contributed by atoms with E-state index in [1.165, 1.54) is 31.3 Å². The van der Waals surface area contributed by atoms with E-state index in [4.69, 9.17) is 0 Å². The summed E-state index contributed by atoms with van der Waals surface area (Å²) < 4.78 is 50.8. The van der Waals surface area contributed by atoms with E-state index in [1.807, 2.05) is 0 Å². The summed E-state index contributed by atoms with van der Waals surface area (Å²) in [6.07, 6.45) is 0.275. The Morgan fingerprint density at radius 2 is 1.86 bits per heavy atom. The average Bonchev–Trinajstić information content (AvgIpc) is 2.46. The van der Waals surface area contributed by atoms with Gasteiger partial charge in [-0.3, -0.25) is 4.79 Å². The largest absolute Gasteiger partial charge is 0.294 e. The van der Waals surface area contributed by atoms with Crippen LogP contribution in [0, 0.1) is 0 Å². The van der Waals surface area contributed by atoms with Gasteiger partial charge in [-0.15, -0.1) is 0 Å². The molecule has 0 amide bonds. The van der Waals surface area contributed by atoms with Gasteiger partial charge in [0.05, 0.1) is 10.6 Å². The maximum absolute atomic E-state index is 12.0. The Balaban J connectivity index is 2.86. The van der Waals surface area contributed by atoms with Crippen LogP contribution in [0.15, 0.2) is 29.2 Å². The van der Waals surface area contributed by atoms with Crippen LogP contribution in [0.1, 0.15) is 23.7 Å². The summed E-state index contributed by atoms with van der Waals surface area (Å²) in [5.74, 6) is -0.527. The Hall–Kier alpha value is -1.29. The summed E-state index contributed by atoms with van der Waals surface area (Å²) in [6.45, 7) is 1.43. The summed E-state index contributed by atoms with van der Waals surface area (Å²) in [6, 6.07) is 5.64. The van der Waals surface area contributed by atoms with Crippen molar-refractivity contribution in [1.82, 2.24) is 9.44 Å². The van der Waals surface area contributed by atoms with Crippen molar-refractivity contribution in [3.63, 3.8) is 0 Å². The maximum atomic E-state index is 12.0. The third-order valence-corrected chi connectivity index (χ3v) is 5.58. The fourth-order valence-corrected chi connectivity index (χ4v) is 3.32. The zero-order chi connectivity index (χ0) is 16.1. The summed E-state index contributed by atoms with van der Waals surface area (Å²) in [5, 5.41) is 0. The lowest BCUT2D eigenvalue weighted by atomic mass is 10.1. The topological polar surface area (TPSA) is 109 Å². The Labute approximate surface area is 124 Å². The van der Waals surface area contributed by atoms with E-state index in [2.05, 4.69) is 9.44 Å². The van der Waals surface area contributed by atoms with Crippen molar-refractivity contribution in [1.29, 1.82) is 0 Å². The van der Waals surface area contributed by atoms with Crippen LogP contribution in [-0.4, -0.2) is 42.0 Å². The van der Waals surface area contributed by atoms with Crippen molar-refractivity contribution in [2.24, 2.45) is 0 Å². The van der Waals surface area contributed by atoms with E-state index >= 15 is 0 Å². The van der Waals surface area contributed by atoms with Crippen LogP contribution in [0.4, 0.5) is 0 Å². The molecule has 1 rings (SSSR count). The first-order chi connectivity index (χ1) is 9.72. The molecule has 0 aliphatic rings. The van der Waals surface area contributed by atoms with Gasteiger partial charge in [-0.05, 0) is 19.2 Å². The highest BCUT2D eigenvalue weighted by molar-refractivity contribution is 7.90. The molecule has 1 aromatic carbocycles. The fourth-order valence-electron chi connectivity index (χ4n) is 1.54. The van der Waals surface area contributed by atoms with E-state index in [0.717, 1.165) is 0 Å². The lowest BCUT2D eigenvalue weighted by molar-refractivity contribution is 0.0988. The molecule has 0 aromatic heterocycles. The number of carbonyl (C=O) groups excluding carboxylic acids is 1. The standard InChI is InChI=1S/C12H18N2O5S2/c1-3-12(15)10-5-4-6-11(9-10)21(18,19)14-7-8-20(16,17)13-2/h4-6,9,13-14H,3,7-8H2,1-2H3. The lowest BCUT2D eigenvalue weighted by Gasteiger charge is -2.08. The Morgan fingerprint density at radius 3 is 2.43 bits per heavy atom. The molecule has 0 bridgehead atoms. The van der Waals surface area contributed by atoms with Gasteiger partial charge in [0.15, 0.2) is 5.78 Å². The number of ketones is 1. The zero-order valence-corrected chi connectivity index (χ0v) is 13.4. The summed E-state index contributed by atoms with van der Waals surface area (Å²) in [5.41, 5.74) is 0.309. The molecule has 118 valence electrons. The van der Waals surface area contributed by atoms with Crippen molar-refractivity contribution in [3.05, 3.63) is 29.8 Å². The minimum Gasteiger partial charge on any atom is -0.294 e. The minimum atomic E-state index is -3.85. The summed E-state index contributed by atoms with van der Waals surface area (Å²) in [7, 11) is -6.08. The van der Waals surface area contributed by atoms with Gasteiger partial charge in [0, 0.05) is 18.5 Å². The molecule has 0 aliphatic heterocycles. The predicted molar refractivity (Wildman–Crippen MR) is 79.1 cm³/mol. The molecular weight excluding hydrogens is 316 g/mol. The quantitative estimate of drug-likeness (QED) is 0.656. The zero-order valence-electron chi connectivity index (χ0n) is 11.8. The number of Topliss-reactive ketones (excluding diaryl/α,β-unsaturated/α-hetero) is 1. The van der Waals surface area contributed by atoms with E-state index < -0.39 is 20.0 Å². The van der Waals surface area contributed by atoms with Gasteiger partial charge >= 0.3 is 0 Å². The Bertz CT molecular complexity index is 711. The smallest absolute Gasteiger partial charge is 0.240 e. The van der Waals surface area contributed by atoms with Gasteiger partial charge in [-0.25, -0.2) is 26.3 Å². The van der Waals surface area contributed by atoms with Crippen molar-refractivity contribution in [2.45, 2.75) is 18.2 Å². The maximum Gasteiger partial charge on any atom is 0.240 e. The minimum absolute atomic E-state index is 0.0661.